The molecule has 0 spiro atoms. The van der Waals surface area contributed by atoms with E-state index in [9.17, 15) is 13.6 Å². The Bertz CT molecular complexity index is 664. The first-order valence-corrected chi connectivity index (χ1v) is 6.38. The van der Waals surface area contributed by atoms with Gasteiger partial charge in [0, 0.05) is 19.0 Å². The second kappa shape index (κ2) is 5.57. The number of carbonyl (C=O) groups excluding carboxylic acids is 1. The number of hydrogen-bond donors (Lipinski definition) is 2. The molecular formula is C13H12F2N4O2. The van der Waals surface area contributed by atoms with E-state index in [0.29, 0.717) is 18.3 Å². The summed E-state index contributed by atoms with van der Waals surface area (Å²) in [5.41, 5.74) is 0.286. The van der Waals surface area contributed by atoms with Crippen molar-refractivity contribution in [2.75, 3.05) is 13.1 Å². The third-order valence-electron chi connectivity index (χ3n) is 3.16. The Morgan fingerprint density at radius 2 is 2.24 bits per heavy atom. The molecular weight excluding hydrogens is 282 g/mol. The van der Waals surface area contributed by atoms with E-state index in [1.165, 1.54) is 12.1 Å². The zero-order chi connectivity index (χ0) is 14.8. The molecule has 1 unspecified atom stereocenters. The van der Waals surface area contributed by atoms with Crippen LogP contribution in [-0.2, 0) is 11.2 Å². The lowest BCUT2D eigenvalue weighted by Gasteiger charge is -2.20. The van der Waals surface area contributed by atoms with Crippen LogP contribution in [0.4, 0.5) is 8.78 Å². The summed E-state index contributed by atoms with van der Waals surface area (Å²) in [7, 11) is 0. The number of halogens is 2. The zero-order valence-electron chi connectivity index (χ0n) is 10.9. The van der Waals surface area contributed by atoms with Crippen molar-refractivity contribution < 1.29 is 18.1 Å². The summed E-state index contributed by atoms with van der Waals surface area (Å²) >= 11 is 0. The first kappa shape index (κ1) is 13.6. The third kappa shape index (κ3) is 3.05. The molecule has 0 saturated carbocycles. The maximum Gasteiger partial charge on any atom is 0.245 e. The van der Waals surface area contributed by atoms with E-state index in [1.54, 1.807) is 0 Å². The summed E-state index contributed by atoms with van der Waals surface area (Å²) < 4.78 is 31.5. The van der Waals surface area contributed by atoms with E-state index < -0.39 is 11.6 Å². The average molecular weight is 294 g/mol. The molecule has 3 rings (SSSR count). The minimum atomic E-state index is -0.649. The highest BCUT2D eigenvalue weighted by molar-refractivity contribution is 5.78. The molecule has 0 bridgehead atoms. The zero-order valence-corrected chi connectivity index (χ0v) is 10.9. The molecule has 1 aliphatic rings. The van der Waals surface area contributed by atoms with Gasteiger partial charge in [0.1, 0.15) is 17.7 Å². The van der Waals surface area contributed by atoms with Crippen LogP contribution in [0.1, 0.15) is 23.3 Å². The predicted octanol–water partition coefficient (Wildman–Crippen LogP) is 0.699. The third-order valence-corrected chi connectivity index (χ3v) is 3.16. The van der Waals surface area contributed by atoms with Crippen molar-refractivity contribution in [3.8, 4) is 0 Å². The molecule has 1 atom stereocenters. The van der Waals surface area contributed by atoms with Crippen LogP contribution < -0.4 is 10.6 Å². The minimum Gasteiger partial charge on any atom is -0.353 e. The van der Waals surface area contributed by atoms with Crippen LogP contribution >= 0.6 is 0 Å². The molecule has 1 aromatic heterocycles. The van der Waals surface area contributed by atoms with Gasteiger partial charge in [0.2, 0.25) is 11.8 Å². The largest absolute Gasteiger partial charge is 0.353 e. The summed E-state index contributed by atoms with van der Waals surface area (Å²) in [5, 5.41) is 9.39. The Hall–Kier alpha value is -2.35. The first-order valence-electron chi connectivity index (χ1n) is 6.38. The molecule has 2 N–H and O–H groups in total. The van der Waals surface area contributed by atoms with Crippen molar-refractivity contribution in [3.05, 3.63) is 47.1 Å². The molecule has 8 heteroatoms. The predicted molar refractivity (Wildman–Crippen MR) is 67.2 cm³/mol. The second-order valence-corrected chi connectivity index (χ2v) is 4.70. The molecule has 110 valence electrons. The number of hydrogen-bond acceptors (Lipinski definition) is 5. The lowest BCUT2D eigenvalue weighted by Crippen LogP contribution is -2.47. The van der Waals surface area contributed by atoms with Crippen LogP contribution in [-0.4, -0.2) is 29.1 Å². The van der Waals surface area contributed by atoms with Crippen LogP contribution in [0.2, 0.25) is 0 Å². The lowest BCUT2D eigenvalue weighted by atomic mass is 10.1. The Morgan fingerprint density at radius 1 is 1.38 bits per heavy atom. The standard InChI is InChI=1S/C13H12F2N4O2/c14-8-2-1-7(9(15)4-8)3-11-18-13(21-19-11)10-5-17-12(20)6-16-10/h1-2,4,10,16H,3,5-6H2,(H,17,20). The normalized spacial score (nSPS) is 18.6. The fourth-order valence-corrected chi connectivity index (χ4v) is 2.06. The summed E-state index contributed by atoms with van der Waals surface area (Å²) in [6.45, 7) is 0.528. The second-order valence-electron chi connectivity index (χ2n) is 4.70. The fraction of sp³-hybridized carbons (Fsp3) is 0.308. The SMILES string of the molecule is O=C1CNC(c2nc(Cc3ccc(F)cc3F)no2)CN1. The number of nitrogens with zero attached hydrogens (tertiary/aromatic N) is 2. The van der Waals surface area contributed by atoms with Crippen molar-refractivity contribution in [2.45, 2.75) is 12.5 Å². The van der Waals surface area contributed by atoms with E-state index in [1.807, 2.05) is 0 Å². The van der Waals surface area contributed by atoms with Crippen LogP contribution in [0.15, 0.2) is 22.7 Å². The van der Waals surface area contributed by atoms with Crippen molar-refractivity contribution in [1.29, 1.82) is 0 Å². The monoisotopic (exact) mass is 294 g/mol. The lowest BCUT2D eigenvalue weighted by molar-refractivity contribution is -0.121. The highest BCUT2D eigenvalue weighted by atomic mass is 19.1. The van der Waals surface area contributed by atoms with Crippen molar-refractivity contribution in [2.24, 2.45) is 0 Å². The number of aromatic nitrogens is 2. The molecule has 2 heterocycles. The molecule has 0 radical (unpaired) electrons. The number of piperazine rings is 1. The van der Waals surface area contributed by atoms with E-state index in [0.717, 1.165) is 6.07 Å². The highest BCUT2D eigenvalue weighted by Gasteiger charge is 2.24. The summed E-state index contributed by atoms with van der Waals surface area (Å²) in [6.07, 6.45) is 0.106. The van der Waals surface area contributed by atoms with Gasteiger partial charge in [-0.3, -0.25) is 10.1 Å². The van der Waals surface area contributed by atoms with Gasteiger partial charge in [-0.1, -0.05) is 11.2 Å². The van der Waals surface area contributed by atoms with Gasteiger partial charge < -0.3 is 9.84 Å². The summed E-state index contributed by atoms with van der Waals surface area (Å²) in [6, 6.07) is 3.08. The number of rotatable bonds is 3. The van der Waals surface area contributed by atoms with Gasteiger partial charge in [-0.2, -0.15) is 4.98 Å². The van der Waals surface area contributed by atoms with Crippen molar-refractivity contribution in [3.63, 3.8) is 0 Å². The molecule has 1 amide bonds. The molecule has 1 saturated heterocycles. The van der Waals surface area contributed by atoms with E-state index in [-0.39, 0.29) is 30.5 Å². The fourth-order valence-electron chi connectivity index (χ4n) is 2.06. The van der Waals surface area contributed by atoms with E-state index in [2.05, 4.69) is 20.8 Å². The van der Waals surface area contributed by atoms with Crippen LogP contribution in [0.5, 0.6) is 0 Å². The van der Waals surface area contributed by atoms with Gasteiger partial charge in [-0.25, -0.2) is 8.78 Å². The van der Waals surface area contributed by atoms with Crippen LogP contribution in [0, 0.1) is 11.6 Å². The Balaban J connectivity index is 1.71. The van der Waals surface area contributed by atoms with Crippen molar-refractivity contribution >= 4 is 5.91 Å². The topological polar surface area (TPSA) is 80.1 Å². The number of nitrogens with one attached hydrogen (secondary N) is 2. The molecule has 1 aromatic carbocycles. The molecule has 1 aliphatic heterocycles. The maximum atomic E-state index is 13.6. The molecule has 21 heavy (non-hydrogen) atoms. The van der Waals surface area contributed by atoms with Crippen LogP contribution in [0.3, 0.4) is 0 Å². The highest BCUT2D eigenvalue weighted by Crippen LogP contribution is 2.16. The number of amides is 1. The average Bonchev–Trinajstić information content (AvgIpc) is 2.91. The Morgan fingerprint density at radius 3 is 2.95 bits per heavy atom. The van der Waals surface area contributed by atoms with E-state index in [4.69, 9.17) is 4.52 Å². The Labute approximate surface area is 118 Å². The molecule has 6 nitrogen and oxygen atoms in total. The van der Waals surface area contributed by atoms with E-state index >= 15 is 0 Å². The van der Waals surface area contributed by atoms with Gasteiger partial charge in [0.05, 0.1) is 6.54 Å². The van der Waals surface area contributed by atoms with Gasteiger partial charge in [0.15, 0.2) is 5.82 Å². The number of carbonyl (C=O) groups is 1. The van der Waals surface area contributed by atoms with Crippen molar-refractivity contribution in [1.82, 2.24) is 20.8 Å². The smallest absolute Gasteiger partial charge is 0.245 e. The number of benzene rings is 1. The summed E-state index contributed by atoms with van der Waals surface area (Å²) in [5.74, 6) is -0.752. The quantitative estimate of drug-likeness (QED) is 0.871. The Kier molecular flexibility index (Phi) is 3.61. The van der Waals surface area contributed by atoms with Crippen LogP contribution in [0.25, 0.3) is 0 Å². The molecule has 2 aromatic rings. The first-order chi connectivity index (χ1) is 10.1. The molecule has 0 aliphatic carbocycles. The van der Waals surface area contributed by atoms with Gasteiger partial charge >= 0.3 is 0 Å². The van der Waals surface area contributed by atoms with Gasteiger partial charge in [-0.15, -0.1) is 0 Å². The molecule has 1 fully saturated rings. The maximum absolute atomic E-state index is 13.6. The van der Waals surface area contributed by atoms with Gasteiger partial charge in [0.25, 0.3) is 0 Å². The minimum absolute atomic E-state index is 0.0978. The van der Waals surface area contributed by atoms with Gasteiger partial charge in [-0.05, 0) is 11.6 Å². The summed E-state index contributed by atoms with van der Waals surface area (Å²) in [4.78, 5) is 15.2.